The summed E-state index contributed by atoms with van der Waals surface area (Å²) < 4.78 is 32.8. The molecule has 1 saturated heterocycles. The average Bonchev–Trinajstić information content (AvgIpc) is 2.39. The molecule has 1 aromatic carbocycles. The maximum atomic E-state index is 14.0. The Balaban J connectivity index is 2.31. The number of rotatable bonds is 1. The first-order chi connectivity index (χ1) is 10.2. The minimum absolute atomic E-state index is 0.0598. The van der Waals surface area contributed by atoms with Crippen LogP contribution in [0.5, 0.6) is 0 Å². The van der Waals surface area contributed by atoms with Crippen LogP contribution in [-0.2, 0) is 4.74 Å². The zero-order chi connectivity index (χ0) is 16.5. The van der Waals surface area contributed by atoms with Crippen molar-refractivity contribution < 1.29 is 23.4 Å². The van der Waals surface area contributed by atoms with Crippen molar-refractivity contribution in [2.24, 2.45) is 0 Å². The van der Waals surface area contributed by atoms with Gasteiger partial charge >= 0.3 is 6.09 Å². The molecule has 0 bridgehead atoms. The van der Waals surface area contributed by atoms with E-state index in [2.05, 4.69) is 0 Å². The van der Waals surface area contributed by atoms with E-state index in [0.717, 1.165) is 18.2 Å². The van der Waals surface area contributed by atoms with Crippen molar-refractivity contribution in [3.63, 3.8) is 0 Å². The predicted octanol–water partition coefficient (Wildman–Crippen LogP) is 3.40. The summed E-state index contributed by atoms with van der Waals surface area (Å²) in [5, 5.41) is 9.84. The van der Waals surface area contributed by atoms with Gasteiger partial charge in [0.15, 0.2) is 0 Å². The number of benzene rings is 1. The van der Waals surface area contributed by atoms with Gasteiger partial charge in [-0.25, -0.2) is 13.6 Å². The maximum Gasteiger partial charge on any atom is 0.410 e. The van der Waals surface area contributed by atoms with Gasteiger partial charge in [0.05, 0.1) is 12.1 Å². The van der Waals surface area contributed by atoms with Gasteiger partial charge in [-0.1, -0.05) is 0 Å². The Kier molecular flexibility index (Phi) is 4.70. The lowest BCUT2D eigenvalue weighted by Gasteiger charge is -2.38. The van der Waals surface area contributed by atoms with Crippen LogP contribution >= 0.6 is 0 Å². The molecule has 2 rings (SSSR count). The normalized spacial score (nSPS) is 22.5. The third-order valence-corrected chi connectivity index (χ3v) is 3.52. The first-order valence-corrected chi connectivity index (χ1v) is 7.30. The molecule has 122 valence electrons. The molecule has 1 fully saturated rings. The molecular formula is C16H21F2NO3. The SMILES string of the molecule is CC(C)(C)OC(=O)N1CC[C@@H](O)C[C@H]1c1cc(F)ccc1F. The third-order valence-electron chi connectivity index (χ3n) is 3.52. The molecule has 0 unspecified atom stereocenters. The van der Waals surface area contributed by atoms with E-state index in [1.807, 2.05) is 0 Å². The largest absolute Gasteiger partial charge is 0.444 e. The Bertz CT molecular complexity index is 557. The van der Waals surface area contributed by atoms with Crippen molar-refractivity contribution >= 4 is 6.09 Å². The van der Waals surface area contributed by atoms with Crippen molar-refractivity contribution in [3.8, 4) is 0 Å². The number of likely N-dealkylation sites (tertiary alicyclic amines) is 1. The van der Waals surface area contributed by atoms with Crippen LogP contribution in [0.15, 0.2) is 18.2 Å². The van der Waals surface area contributed by atoms with Gasteiger partial charge < -0.3 is 14.7 Å². The molecule has 0 radical (unpaired) electrons. The van der Waals surface area contributed by atoms with Gasteiger partial charge in [-0.2, -0.15) is 0 Å². The Morgan fingerprint density at radius 1 is 1.36 bits per heavy atom. The van der Waals surface area contributed by atoms with Crippen molar-refractivity contribution in [2.75, 3.05) is 6.54 Å². The van der Waals surface area contributed by atoms with Crippen molar-refractivity contribution in [1.82, 2.24) is 4.90 Å². The molecule has 0 saturated carbocycles. The minimum atomic E-state index is -0.741. The van der Waals surface area contributed by atoms with E-state index < -0.39 is 35.5 Å². The van der Waals surface area contributed by atoms with E-state index in [1.165, 1.54) is 4.90 Å². The van der Waals surface area contributed by atoms with Gasteiger partial charge in [0.25, 0.3) is 0 Å². The number of hydrogen-bond donors (Lipinski definition) is 1. The summed E-state index contributed by atoms with van der Waals surface area (Å²) in [5.74, 6) is -1.19. The standard InChI is InChI=1S/C16H21F2NO3/c1-16(2,3)22-15(21)19-7-6-11(20)9-14(19)12-8-10(17)4-5-13(12)18/h4-5,8,11,14,20H,6-7,9H2,1-3H3/t11-,14+/m1/s1. The molecule has 22 heavy (non-hydrogen) atoms. The summed E-state index contributed by atoms with van der Waals surface area (Å²) in [6.07, 6.45) is -0.717. The lowest BCUT2D eigenvalue weighted by atomic mass is 9.93. The van der Waals surface area contributed by atoms with E-state index in [1.54, 1.807) is 20.8 Å². The van der Waals surface area contributed by atoms with Crippen LogP contribution in [0, 0.1) is 11.6 Å². The summed E-state index contributed by atoms with van der Waals surface area (Å²) >= 11 is 0. The second kappa shape index (κ2) is 6.20. The molecule has 1 heterocycles. The van der Waals surface area contributed by atoms with Crippen LogP contribution in [0.3, 0.4) is 0 Å². The fraction of sp³-hybridized carbons (Fsp3) is 0.562. The molecule has 0 spiro atoms. The zero-order valence-corrected chi connectivity index (χ0v) is 13.0. The number of piperidine rings is 1. The number of carbonyl (C=O) groups is 1. The Morgan fingerprint density at radius 2 is 2.05 bits per heavy atom. The molecule has 1 N–H and O–H groups in total. The number of amides is 1. The summed E-state index contributed by atoms with van der Waals surface area (Å²) in [7, 11) is 0. The molecule has 1 amide bonds. The first kappa shape index (κ1) is 16.7. The molecule has 1 aliphatic rings. The van der Waals surface area contributed by atoms with Crippen molar-refractivity contribution in [1.29, 1.82) is 0 Å². The first-order valence-electron chi connectivity index (χ1n) is 7.30. The number of hydrogen-bond acceptors (Lipinski definition) is 3. The van der Waals surface area contributed by atoms with Gasteiger partial charge in [-0.05, 0) is 51.8 Å². The third kappa shape index (κ3) is 3.94. The van der Waals surface area contributed by atoms with Gasteiger partial charge in [0.1, 0.15) is 17.2 Å². The Hall–Kier alpha value is -1.69. The van der Waals surface area contributed by atoms with Crippen molar-refractivity contribution in [2.45, 2.75) is 51.4 Å². The van der Waals surface area contributed by atoms with Crippen LogP contribution < -0.4 is 0 Å². The summed E-state index contributed by atoms with van der Waals surface area (Å²) in [5.41, 5.74) is -0.623. The molecule has 1 aromatic rings. The van der Waals surface area contributed by atoms with E-state index in [0.29, 0.717) is 6.42 Å². The molecule has 1 aliphatic heterocycles. The Morgan fingerprint density at radius 3 is 2.68 bits per heavy atom. The fourth-order valence-electron chi connectivity index (χ4n) is 2.55. The van der Waals surface area contributed by atoms with Crippen LogP contribution in [0.25, 0.3) is 0 Å². The second-order valence-corrected chi connectivity index (χ2v) is 6.53. The van der Waals surface area contributed by atoms with Crippen molar-refractivity contribution in [3.05, 3.63) is 35.4 Å². The molecule has 6 heteroatoms. The van der Waals surface area contributed by atoms with Crippen LogP contribution in [0.2, 0.25) is 0 Å². The van der Waals surface area contributed by atoms with E-state index in [4.69, 9.17) is 4.74 Å². The second-order valence-electron chi connectivity index (χ2n) is 6.53. The lowest BCUT2D eigenvalue weighted by Crippen LogP contribution is -2.45. The quantitative estimate of drug-likeness (QED) is 0.864. The Labute approximate surface area is 128 Å². The lowest BCUT2D eigenvalue weighted by molar-refractivity contribution is -0.00901. The van der Waals surface area contributed by atoms with Gasteiger partial charge in [0.2, 0.25) is 0 Å². The smallest absolute Gasteiger partial charge is 0.410 e. The van der Waals surface area contributed by atoms with Crippen LogP contribution in [0.4, 0.5) is 13.6 Å². The maximum absolute atomic E-state index is 14.0. The van der Waals surface area contributed by atoms with Crippen LogP contribution in [0.1, 0.15) is 45.2 Å². The van der Waals surface area contributed by atoms with E-state index >= 15 is 0 Å². The highest BCUT2D eigenvalue weighted by atomic mass is 19.1. The highest BCUT2D eigenvalue weighted by Crippen LogP contribution is 2.34. The number of ether oxygens (including phenoxy) is 1. The topological polar surface area (TPSA) is 49.8 Å². The number of nitrogens with zero attached hydrogens (tertiary/aromatic N) is 1. The van der Waals surface area contributed by atoms with E-state index in [-0.39, 0.29) is 18.5 Å². The number of aliphatic hydroxyl groups is 1. The molecular weight excluding hydrogens is 292 g/mol. The van der Waals surface area contributed by atoms with Crippen LogP contribution in [-0.4, -0.2) is 34.3 Å². The number of aliphatic hydroxyl groups excluding tert-OH is 1. The fourth-order valence-corrected chi connectivity index (χ4v) is 2.55. The highest BCUT2D eigenvalue weighted by molar-refractivity contribution is 5.69. The summed E-state index contributed by atoms with van der Waals surface area (Å²) in [6, 6.07) is 2.37. The molecule has 4 nitrogen and oxygen atoms in total. The molecule has 0 aliphatic carbocycles. The average molecular weight is 313 g/mol. The monoisotopic (exact) mass is 313 g/mol. The van der Waals surface area contributed by atoms with Gasteiger partial charge in [-0.15, -0.1) is 0 Å². The number of carbonyl (C=O) groups excluding carboxylic acids is 1. The minimum Gasteiger partial charge on any atom is -0.444 e. The molecule has 2 atom stereocenters. The summed E-state index contributed by atoms with van der Waals surface area (Å²) in [4.78, 5) is 13.7. The van der Waals surface area contributed by atoms with E-state index in [9.17, 15) is 18.7 Å². The summed E-state index contributed by atoms with van der Waals surface area (Å²) in [6.45, 7) is 5.45. The predicted molar refractivity (Wildman–Crippen MR) is 77.3 cm³/mol. The highest BCUT2D eigenvalue weighted by Gasteiger charge is 2.36. The van der Waals surface area contributed by atoms with Gasteiger partial charge in [0, 0.05) is 12.1 Å². The number of halogens is 2. The van der Waals surface area contributed by atoms with Gasteiger partial charge in [-0.3, -0.25) is 0 Å². The molecule has 0 aromatic heterocycles. The zero-order valence-electron chi connectivity index (χ0n) is 13.0.